The molecule has 3 heterocycles. The third-order valence-corrected chi connectivity index (χ3v) is 10.5. The summed E-state index contributed by atoms with van der Waals surface area (Å²) in [5.41, 5.74) is 13.6. The van der Waals surface area contributed by atoms with Gasteiger partial charge >= 0.3 is 0 Å². The van der Waals surface area contributed by atoms with Crippen LogP contribution in [0.2, 0.25) is 0 Å². The average molecular weight is 651 g/mol. The lowest BCUT2D eigenvalue weighted by Gasteiger charge is -2.11. The molecule has 0 aliphatic heterocycles. The lowest BCUT2D eigenvalue weighted by atomic mass is 10.0. The van der Waals surface area contributed by atoms with Crippen LogP contribution in [0.25, 0.3) is 99.2 Å². The third-order valence-electron chi connectivity index (χ3n) is 10.5. The lowest BCUT2D eigenvalue weighted by Crippen LogP contribution is -1.94. The highest BCUT2D eigenvalue weighted by Gasteiger charge is 2.17. The van der Waals surface area contributed by atoms with Gasteiger partial charge in [-0.2, -0.15) is 0 Å². The van der Waals surface area contributed by atoms with Gasteiger partial charge in [-0.25, -0.2) is 0 Å². The smallest absolute Gasteiger partial charge is 0.137 e. The normalized spacial score (nSPS) is 11.9. The molecular formula is C48H30N2O. The second-order valence-corrected chi connectivity index (χ2v) is 13.4. The molecule has 238 valence electrons. The topological polar surface area (TPSA) is 23.0 Å². The van der Waals surface area contributed by atoms with E-state index < -0.39 is 0 Å². The molecule has 3 nitrogen and oxygen atoms in total. The van der Waals surface area contributed by atoms with Gasteiger partial charge in [0.15, 0.2) is 0 Å². The molecular weight excluding hydrogens is 621 g/mol. The summed E-state index contributed by atoms with van der Waals surface area (Å²) in [6.07, 6.45) is 0. The first-order valence-electron chi connectivity index (χ1n) is 17.4. The molecule has 3 heteroatoms. The highest BCUT2D eigenvalue weighted by Crippen LogP contribution is 2.39. The van der Waals surface area contributed by atoms with Gasteiger partial charge in [0.05, 0.1) is 22.1 Å². The lowest BCUT2D eigenvalue weighted by molar-refractivity contribution is 0.668. The van der Waals surface area contributed by atoms with E-state index in [-0.39, 0.29) is 0 Å². The standard InChI is InChI=1S/C48H30N2O/c1-2-10-31(11-3-1)32-18-22-35(23-19-32)49-43-15-7-4-12-37(43)39-25-20-33(28-45(39)49)34-21-26-40-38-13-5-8-16-44(38)50(46(40)29-34)36-24-27-42-41-14-6-9-17-47(41)51-48(42)30-36/h1-30H. The van der Waals surface area contributed by atoms with Crippen LogP contribution < -0.4 is 0 Å². The van der Waals surface area contributed by atoms with Gasteiger partial charge in [0.25, 0.3) is 0 Å². The van der Waals surface area contributed by atoms with Crippen LogP contribution in [0.15, 0.2) is 186 Å². The van der Waals surface area contributed by atoms with E-state index in [4.69, 9.17) is 4.42 Å². The SMILES string of the molecule is c1ccc(-c2ccc(-n3c4ccccc4c4ccc(-c5ccc6c7ccccc7n(-c7ccc8c(c7)oc7ccccc78)c6c5)cc43)cc2)cc1. The van der Waals surface area contributed by atoms with Crippen molar-refractivity contribution in [1.82, 2.24) is 9.13 Å². The summed E-state index contributed by atoms with van der Waals surface area (Å²) in [5, 5.41) is 7.24. The minimum atomic E-state index is 0.894. The van der Waals surface area contributed by atoms with Crippen molar-refractivity contribution in [2.45, 2.75) is 0 Å². The fraction of sp³-hybridized carbons (Fsp3) is 0. The molecule has 0 spiro atoms. The maximum absolute atomic E-state index is 6.34. The molecule has 11 rings (SSSR count). The summed E-state index contributed by atoms with van der Waals surface area (Å²) < 4.78 is 11.1. The van der Waals surface area contributed by atoms with E-state index >= 15 is 0 Å². The largest absolute Gasteiger partial charge is 0.456 e. The summed E-state index contributed by atoms with van der Waals surface area (Å²) >= 11 is 0. The van der Waals surface area contributed by atoms with Crippen LogP contribution in [0.1, 0.15) is 0 Å². The molecule has 0 unspecified atom stereocenters. The molecule has 3 aromatic heterocycles. The zero-order valence-corrected chi connectivity index (χ0v) is 27.6. The van der Waals surface area contributed by atoms with Crippen LogP contribution in [-0.4, -0.2) is 9.13 Å². The Morgan fingerprint density at radius 1 is 0.275 bits per heavy atom. The Hall–Kier alpha value is -6.84. The number of para-hydroxylation sites is 3. The maximum Gasteiger partial charge on any atom is 0.137 e. The third kappa shape index (κ3) is 4.25. The molecule has 0 saturated heterocycles. The zero-order chi connectivity index (χ0) is 33.5. The van der Waals surface area contributed by atoms with Crippen molar-refractivity contribution in [1.29, 1.82) is 0 Å². The number of benzene rings is 8. The Morgan fingerprint density at radius 3 is 1.39 bits per heavy atom. The fourth-order valence-corrected chi connectivity index (χ4v) is 8.14. The number of hydrogen-bond acceptors (Lipinski definition) is 1. The van der Waals surface area contributed by atoms with Gasteiger partial charge in [-0.3, -0.25) is 0 Å². The van der Waals surface area contributed by atoms with E-state index in [9.17, 15) is 0 Å². The van der Waals surface area contributed by atoms with Crippen molar-refractivity contribution in [3.63, 3.8) is 0 Å². The van der Waals surface area contributed by atoms with Gasteiger partial charge in [0.2, 0.25) is 0 Å². The van der Waals surface area contributed by atoms with Crippen molar-refractivity contribution < 1.29 is 4.42 Å². The quantitative estimate of drug-likeness (QED) is 0.186. The highest BCUT2D eigenvalue weighted by molar-refractivity contribution is 6.13. The molecule has 0 N–H and O–H groups in total. The van der Waals surface area contributed by atoms with Gasteiger partial charge < -0.3 is 13.6 Å². The zero-order valence-electron chi connectivity index (χ0n) is 27.6. The Morgan fingerprint density at radius 2 is 0.725 bits per heavy atom. The molecule has 0 aliphatic carbocycles. The van der Waals surface area contributed by atoms with E-state index in [1.54, 1.807) is 0 Å². The number of aromatic nitrogens is 2. The van der Waals surface area contributed by atoms with Gasteiger partial charge in [0.1, 0.15) is 11.2 Å². The number of fused-ring (bicyclic) bond motifs is 9. The van der Waals surface area contributed by atoms with Crippen LogP contribution in [0.3, 0.4) is 0 Å². The average Bonchev–Trinajstić information content (AvgIpc) is 3.85. The summed E-state index contributed by atoms with van der Waals surface area (Å²) in [5.74, 6) is 0. The maximum atomic E-state index is 6.34. The Labute approximate surface area is 293 Å². The van der Waals surface area contributed by atoms with Crippen molar-refractivity contribution in [3.8, 4) is 33.6 Å². The van der Waals surface area contributed by atoms with Crippen LogP contribution in [0.5, 0.6) is 0 Å². The summed E-state index contributed by atoms with van der Waals surface area (Å²) in [6.45, 7) is 0. The van der Waals surface area contributed by atoms with Gasteiger partial charge in [-0.05, 0) is 76.9 Å². The molecule has 0 saturated carbocycles. The number of furan rings is 1. The van der Waals surface area contributed by atoms with Crippen LogP contribution in [0.4, 0.5) is 0 Å². The first-order chi connectivity index (χ1) is 25.3. The minimum Gasteiger partial charge on any atom is -0.456 e. The molecule has 0 fully saturated rings. The van der Waals surface area contributed by atoms with Crippen molar-refractivity contribution in [2.24, 2.45) is 0 Å². The van der Waals surface area contributed by atoms with Gasteiger partial charge in [0, 0.05) is 49.8 Å². The van der Waals surface area contributed by atoms with E-state index in [2.05, 4.69) is 179 Å². The van der Waals surface area contributed by atoms with E-state index in [0.717, 1.165) is 33.3 Å². The Kier molecular flexibility index (Phi) is 5.96. The molecule has 0 radical (unpaired) electrons. The van der Waals surface area contributed by atoms with E-state index in [1.807, 2.05) is 12.1 Å². The van der Waals surface area contributed by atoms with Crippen molar-refractivity contribution in [2.75, 3.05) is 0 Å². The van der Waals surface area contributed by atoms with Crippen LogP contribution in [0, 0.1) is 0 Å². The van der Waals surface area contributed by atoms with Crippen molar-refractivity contribution in [3.05, 3.63) is 182 Å². The summed E-state index contributed by atoms with van der Waals surface area (Å²) in [7, 11) is 0. The summed E-state index contributed by atoms with van der Waals surface area (Å²) in [4.78, 5) is 0. The molecule has 51 heavy (non-hydrogen) atoms. The molecule has 8 aromatic carbocycles. The van der Waals surface area contributed by atoms with Crippen LogP contribution >= 0.6 is 0 Å². The molecule has 11 aromatic rings. The number of rotatable bonds is 4. The minimum absolute atomic E-state index is 0.894. The highest BCUT2D eigenvalue weighted by atomic mass is 16.3. The second kappa shape index (κ2) is 10.8. The van der Waals surface area contributed by atoms with E-state index in [0.29, 0.717) is 0 Å². The van der Waals surface area contributed by atoms with E-state index in [1.165, 1.54) is 65.9 Å². The first-order valence-corrected chi connectivity index (χ1v) is 17.4. The number of hydrogen-bond donors (Lipinski definition) is 0. The monoisotopic (exact) mass is 650 g/mol. The molecule has 0 atom stereocenters. The fourth-order valence-electron chi connectivity index (χ4n) is 8.14. The van der Waals surface area contributed by atoms with Crippen molar-refractivity contribution >= 4 is 65.6 Å². The second-order valence-electron chi connectivity index (χ2n) is 13.4. The Balaban J connectivity index is 1.10. The first kappa shape index (κ1) is 28.0. The summed E-state index contributed by atoms with van der Waals surface area (Å²) in [6, 6.07) is 65.6. The predicted octanol–water partition coefficient (Wildman–Crippen LogP) is 13.1. The Bertz CT molecular complexity index is 3120. The van der Waals surface area contributed by atoms with Crippen LogP contribution in [-0.2, 0) is 0 Å². The van der Waals surface area contributed by atoms with Gasteiger partial charge in [-0.15, -0.1) is 0 Å². The number of nitrogens with zero attached hydrogens (tertiary/aromatic N) is 2. The molecule has 0 amide bonds. The van der Waals surface area contributed by atoms with Gasteiger partial charge in [-0.1, -0.05) is 121 Å². The predicted molar refractivity (Wildman–Crippen MR) is 213 cm³/mol. The molecule has 0 aliphatic rings. The molecule has 0 bridgehead atoms.